The molecule has 2 saturated heterocycles. The summed E-state index contributed by atoms with van der Waals surface area (Å²) in [5.41, 5.74) is 0. The summed E-state index contributed by atoms with van der Waals surface area (Å²) in [4.78, 5) is 0.338. The minimum absolute atomic E-state index is 0.310. The van der Waals surface area contributed by atoms with Crippen LogP contribution in [-0.2, 0) is 10.0 Å². The van der Waals surface area contributed by atoms with Crippen molar-refractivity contribution in [2.75, 3.05) is 19.6 Å². The number of halogens is 2. The summed E-state index contributed by atoms with van der Waals surface area (Å²) in [7, 11) is -3.43. The highest BCUT2D eigenvalue weighted by atomic mass is 79.9. The van der Waals surface area contributed by atoms with Gasteiger partial charge in [-0.1, -0.05) is 15.9 Å². The van der Waals surface area contributed by atoms with Gasteiger partial charge in [0.25, 0.3) is 0 Å². The minimum Gasteiger partial charge on any atom is -0.312 e. The van der Waals surface area contributed by atoms with E-state index in [1.165, 1.54) is 0 Å². The van der Waals surface area contributed by atoms with Crippen LogP contribution in [0.25, 0.3) is 0 Å². The Hall–Kier alpha value is 0.0500. The standard InChI is InChI=1S/C13H16Br2N2O2S/c14-10-3-4-11(15)13(6-10)20(18,19)17-7-9-2-1-5-16-12(9)8-17/h3-4,6,9,12,16H,1-2,5,7-8H2/t9-,12+/m0/s1. The lowest BCUT2D eigenvalue weighted by molar-refractivity contribution is 0.339. The second kappa shape index (κ2) is 5.68. The molecule has 2 aliphatic rings. The predicted molar refractivity (Wildman–Crippen MR) is 85.1 cm³/mol. The second-order valence-electron chi connectivity index (χ2n) is 5.36. The van der Waals surface area contributed by atoms with Crippen molar-refractivity contribution in [3.8, 4) is 0 Å². The van der Waals surface area contributed by atoms with Gasteiger partial charge in [0, 0.05) is 28.1 Å². The zero-order valence-corrected chi connectivity index (χ0v) is 14.8. The Kier molecular flexibility index (Phi) is 4.25. The predicted octanol–water partition coefficient (Wildman–Crippen LogP) is 2.58. The van der Waals surface area contributed by atoms with Crippen molar-refractivity contribution in [2.24, 2.45) is 5.92 Å². The van der Waals surface area contributed by atoms with E-state index in [0.29, 0.717) is 34.4 Å². The average Bonchev–Trinajstić information content (AvgIpc) is 2.86. The van der Waals surface area contributed by atoms with Crippen LogP contribution in [0.5, 0.6) is 0 Å². The molecule has 3 rings (SSSR count). The van der Waals surface area contributed by atoms with Crippen molar-refractivity contribution in [2.45, 2.75) is 23.8 Å². The van der Waals surface area contributed by atoms with Gasteiger partial charge < -0.3 is 5.32 Å². The van der Waals surface area contributed by atoms with Crippen molar-refractivity contribution < 1.29 is 8.42 Å². The first-order valence-electron chi connectivity index (χ1n) is 6.67. The molecule has 1 N–H and O–H groups in total. The number of sulfonamides is 1. The van der Waals surface area contributed by atoms with E-state index < -0.39 is 10.0 Å². The minimum atomic E-state index is -3.43. The topological polar surface area (TPSA) is 49.4 Å². The van der Waals surface area contributed by atoms with Gasteiger partial charge in [0.05, 0.1) is 4.90 Å². The summed E-state index contributed by atoms with van der Waals surface area (Å²) < 4.78 is 28.6. The van der Waals surface area contributed by atoms with Crippen LogP contribution in [0.4, 0.5) is 0 Å². The highest BCUT2D eigenvalue weighted by Crippen LogP contribution is 2.33. The Balaban J connectivity index is 1.91. The van der Waals surface area contributed by atoms with Gasteiger partial charge in [-0.3, -0.25) is 0 Å². The molecule has 0 radical (unpaired) electrons. The molecular formula is C13H16Br2N2O2S. The number of hydrogen-bond acceptors (Lipinski definition) is 3. The van der Waals surface area contributed by atoms with Gasteiger partial charge in [0.2, 0.25) is 10.0 Å². The Morgan fingerprint density at radius 3 is 2.80 bits per heavy atom. The van der Waals surface area contributed by atoms with Gasteiger partial charge in [-0.25, -0.2) is 8.42 Å². The fraction of sp³-hybridized carbons (Fsp3) is 0.538. The summed E-state index contributed by atoms with van der Waals surface area (Å²) in [5, 5.41) is 3.43. The number of hydrogen-bond donors (Lipinski definition) is 1. The maximum atomic E-state index is 12.8. The maximum Gasteiger partial charge on any atom is 0.244 e. The molecular weight excluding hydrogens is 408 g/mol. The van der Waals surface area contributed by atoms with Crippen LogP contribution in [-0.4, -0.2) is 38.4 Å². The largest absolute Gasteiger partial charge is 0.312 e. The van der Waals surface area contributed by atoms with Crippen LogP contribution < -0.4 is 5.32 Å². The molecule has 0 spiro atoms. The van der Waals surface area contributed by atoms with E-state index >= 15 is 0 Å². The third kappa shape index (κ3) is 2.70. The Labute approximate surface area is 136 Å². The summed E-state index contributed by atoms with van der Waals surface area (Å²) in [5.74, 6) is 0.449. The summed E-state index contributed by atoms with van der Waals surface area (Å²) in [6.45, 7) is 2.19. The Morgan fingerprint density at radius 2 is 2.05 bits per heavy atom. The first-order valence-corrected chi connectivity index (χ1v) is 9.69. The molecule has 2 atom stereocenters. The monoisotopic (exact) mass is 422 g/mol. The van der Waals surface area contributed by atoms with Gasteiger partial charge in [0.15, 0.2) is 0 Å². The van der Waals surface area contributed by atoms with E-state index in [0.717, 1.165) is 23.9 Å². The van der Waals surface area contributed by atoms with Crippen molar-refractivity contribution in [1.29, 1.82) is 0 Å². The highest BCUT2D eigenvalue weighted by molar-refractivity contribution is 9.11. The van der Waals surface area contributed by atoms with Gasteiger partial charge in [-0.2, -0.15) is 4.31 Å². The van der Waals surface area contributed by atoms with E-state index in [4.69, 9.17) is 0 Å². The molecule has 2 aliphatic heterocycles. The molecule has 20 heavy (non-hydrogen) atoms. The van der Waals surface area contributed by atoms with Crippen molar-refractivity contribution in [1.82, 2.24) is 9.62 Å². The highest BCUT2D eigenvalue weighted by Gasteiger charge is 2.40. The van der Waals surface area contributed by atoms with Crippen molar-refractivity contribution in [3.63, 3.8) is 0 Å². The smallest absolute Gasteiger partial charge is 0.244 e. The Bertz CT molecular complexity index is 607. The van der Waals surface area contributed by atoms with E-state index in [1.54, 1.807) is 16.4 Å². The zero-order valence-electron chi connectivity index (χ0n) is 10.9. The molecule has 110 valence electrons. The fourth-order valence-corrected chi connectivity index (χ4v) is 6.00. The molecule has 2 fully saturated rings. The van der Waals surface area contributed by atoms with Crippen LogP contribution in [0.3, 0.4) is 0 Å². The zero-order chi connectivity index (χ0) is 14.3. The maximum absolute atomic E-state index is 12.8. The lowest BCUT2D eigenvalue weighted by Gasteiger charge is -2.24. The number of fused-ring (bicyclic) bond motifs is 1. The van der Waals surface area contributed by atoms with Crippen LogP contribution in [0, 0.1) is 5.92 Å². The third-order valence-corrected chi connectivity index (χ3v) is 7.40. The van der Waals surface area contributed by atoms with E-state index in [2.05, 4.69) is 37.2 Å². The molecule has 0 saturated carbocycles. The molecule has 0 unspecified atom stereocenters. The van der Waals surface area contributed by atoms with Gasteiger partial charge in [-0.05, 0) is 59.4 Å². The normalized spacial score (nSPS) is 27.5. The van der Waals surface area contributed by atoms with Crippen LogP contribution >= 0.6 is 31.9 Å². The number of nitrogens with one attached hydrogen (secondary N) is 1. The van der Waals surface area contributed by atoms with E-state index in [9.17, 15) is 8.42 Å². The lowest BCUT2D eigenvalue weighted by atomic mass is 9.94. The number of benzene rings is 1. The average molecular weight is 424 g/mol. The van der Waals surface area contributed by atoms with E-state index in [-0.39, 0.29) is 0 Å². The second-order valence-corrected chi connectivity index (χ2v) is 9.04. The number of rotatable bonds is 2. The van der Waals surface area contributed by atoms with Gasteiger partial charge in [-0.15, -0.1) is 0 Å². The van der Waals surface area contributed by atoms with Crippen molar-refractivity contribution >= 4 is 41.9 Å². The molecule has 0 bridgehead atoms. The first-order chi connectivity index (χ1) is 9.48. The summed E-state index contributed by atoms with van der Waals surface area (Å²) >= 11 is 6.69. The van der Waals surface area contributed by atoms with Crippen LogP contribution in [0.1, 0.15) is 12.8 Å². The van der Waals surface area contributed by atoms with Crippen LogP contribution in [0.2, 0.25) is 0 Å². The summed E-state index contributed by atoms with van der Waals surface area (Å²) in [6.07, 6.45) is 2.25. The molecule has 0 amide bonds. The Morgan fingerprint density at radius 1 is 1.25 bits per heavy atom. The van der Waals surface area contributed by atoms with Crippen molar-refractivity contribution in [3.05, 3.63) is 27.1 Å². The fourth-order valence-electron chi connectivity index (χ4n) is 3.02. The molecule has 1 aromatic rings. The summed E-state index contributed by atoms with van der Waals surface area (Å²) in [6, 6.07) is 5.56. The SMILES string of the molecule is O=S(=O)(c1cc(Br)ccc1Br)N1C[C@@H]2CCCN[C@@H]2C1. The van der Waals surface area contributed by atoms with Gasteiger partial charge in [0.1, 0.15) is 0 Å². The lowest BCUT2D eigenvalue weighted by Crippen LogP contribution is -2.41. The molecule has 1 aromatic carbocycles. The molecule has 2 heterocycles. The first kappa shape index (κ1) is 15.0. The van der Waals surface area contributed by atoms with Gasteiger partial charge >= 0.3 is 0 Å². The van der Waals surface area contributed by atoms with E-state index in [1.807, 2.05) is 6.07 Å². The molecule has 4 nitrogen and oxygen atoms in total. The number of piperidine rings is 1. The third-order valence-electron chi connectivity index (χ3n) is 4.08. The number of nitrogens with zero attached hydrogens (tertiary/aromatic N) is 1. The molecule has 0 aliphatic carbocycles. The molecule has 7 heteroatoms. The quantitative estimate of drug-likeness (QED) is 0.795. The molecule has 0 aromatic heterocycles. The van der Waals surface area contributed by atoms with Crippen LogP contribution in [0.15, 0.2) is 32.0 Å².